The molecule has 3 aromatic rings. The van der Waals surface area contributed by atoms with E-state index in [1.54, 1.807) is 12.1 Å². The molecule has 2 N–H and O–H groups in total. The summed E-state index contributed by atoms with van der Waals surface area (Å²) in [4.78, 5) is 10.7. The molecule has 0 aliphatic rings. The van der Waals surface area contributed by atoms with Crippen molar-refractivity contribution in [1.29, 1.82) is 0 Å². The number of nitrogen functional groups attached to an aromatic ring is 1. The Morgan fingerprint density at radius 3 is 1.83 bits per heavy atom. The monoisotopic (exact) mass is 304 g/mol. The van der Waals surface area contributed by atoms with Crippen LogP contribution in [0.2, 0.25) is 0 Å². The Kier molecular flexibility index (Phi) is 4.06. The van der Waals surface area contributed by atoms with Crippen LogP contribution in [0.4, 0.5) is 11.4 Å². The van der Waals surface area contributed by atoms with E-state index >= 15 is 0 Å². The van der Waals surface area contributed by atoms with E-state index in [2.05, 4.69) is 0 Å². The van der Waals surface area contributed by atoms with Crippen molar-refractivity contribution < 1.29 is 4.92 Å². The fourth-order valence-corrected chi connectivity index (χ4v) is 2.77. The van der Waals surface area contributed by atoms with Gasteiger partial charge in [-0.1, -0.05) is 60.7 Å². The van der Waals surface area contributed by atoms with Crippen molar-refractivity contribution in [3.63, 3.8) is 0 Å². The largest absolute Gasteiger partial charge is 0.398 e. The molecule has 0 atom stereocenters. The molecule has 0 heterocycles. The fraction of sp³-hybridized carbons (Fsp3) is 0.0526. The smallest absolute Gasteiger partial charge is 0.269 e. The zero-order chi connectivity index (χ0) is 16.2. The van der Waals surface area contributed by atoms with E-state index in [1.807, 2.05) is 60.7 Å². The first-order chi connectivity index (χ1) is 11.2. The summed E-state index contributed by atoms with van der Waals surface area (Å²) in [7, 11) is 0. The summed E-state index contributed by atoms with van der Waals surface area (Å²) in [6.45, 7) is 0. The van der Waals surface area contributed by atoms with Crippen LogP contribution in [0.3, 0.4) is 0 Å². The molecule has 0 saturated heterocycles. The van der Waals surface area contributed by atoms with E-state index in [-0.39, 0.29) is 11.6 Å². The maximum Gasteiger partial charge on any atom is 0.269 e. The Hall–Kier alpha value is -3.14. The Bertz CT molecular complexity index is 778. The SMILES string of the molecule is Nc1ccc([N+](=O)[O-])cc1C(c1ccccc1)c1ccccc1. The van der Waals surface area contributed by atoms with Gasteiger partial charge in [0.1, 0.15) is 0 Å². The molecule has 0 aromatic heterocycles. The number of benzene rings is 3. The number of nitro groups is 1. The number of non-ortho nitro benzene ring substituents is 1. The first-order valence-electron chi connectivity index (χ1n) is 7.30. The van der Waals surface area contributed by atoms with Crippen molar-refractivity contribution in [3.05, 3.63) is 106 Å². The van der Waals surface area contributed by atoms with Gasteiger partial charge in [-0.15, -0.1) is 0 Å². The number of anilines is 1. The van der Waals surface area contributed by atoms with Gasteiger partial charge in [0, 0.05) is 23.7 Å². The quantitative estimate of drug-likeness (QED) is 0.337. The van der Waals surface area contributed by atoms with Crippen LogP contribution in [0, 0.1) is 10.1 Å². The lowest BCUT2D eigenvalue weighted by atomic mass is 9.84. The molecule has 4 heteroatoms. The standard InChI is InChI=1S/C19H16N2O2/c20-18-12-11-16(21(22)23)13-17(18)19(14-7-3-1-4-8-14)15-9-5-2-6-10-15/h1-13,19H,20H2. The average Bonchev–Trinajstić information content (AvgIpc) is 2.58. The highest BCUT2D eigenvalue weighted by atomic mass is 16.6. The van der Waals surface area contributed by atoms with Crippen molar-refractivity contribution in [2.24, 2.45) is 0 Å². The number of nitrogens with zero attached hydrogens (tertiary/aromatic N) is 1. The number of hydrogen-bond donors (Lipinski definition) is 1. The van der Waals surface area contributed by atoms with Gasteiger partial charge in [0.05, 0.1) is 4.92 Å². The molecular weight excluding hydrogens is 288 g/mol. The topological polar surface area (TPSA) is 69.2 Å². The lowest BCUT2D eigenvalue weighted by Gasteiger charge is -2.20. The molecule has 0 bridgehead atoms. The number of nitrogens with two attached hydrogens (primary N) is 1. The molecule has 0 unspecified atom stereocenters. The van der Waals surface area contributed by atoms with Crippen molar-refractivity contribution in [1.82, 2.24) is 0 Å². The van der Waals surface area contributed by atoms with Crippen molar-refractivity contribution >= 4 is 11.4 Å². The highest BCUT2D eigenvalue weighted by molar-refractivity contribution is 5.59. The van der Waals surface area contributed by atoms with E-state index in [9.17, 15) is 10.1 Å². The molecule has 0 radical (unpaired) electrons. The van der Waals surface area contributed by atoms with Crippen LogP contribution < -0.4 is 5.73 Å². The summed E-state index contributed by atoms with van der Waals surface area (Å²) in [5.74, 6) is -0.141. The first kappa shape index (κ1) is 14.8. The van der Waals surface area contributed by atoms with Gasteiger partial charge in [-0.2, -0.15) is 0 Å². The molecule has 3 aromatic carbocycles. The number of nitro benzene ring substituents is 1. The third-order valence-corrected chi connectivity index (χ3v) is 3.86. The highest BCUT2D eigenvalue weighted by Crippen LogP contribution is 2.36. The van der Waals surface area contributed by atoms with Crippen LogP contribution in [0.25, 0.3) is 0 Å². The predicted octanol–water partition coefficient (Wildman–Crippen LogP) is 4.36. The molecule has 4 nitrogen and oxygen atoms in total. The molecule has 114 valence electrons. The van der Waals surface area contributed by atoms with E-state index in [0.29, 0.717) is 5.69 Å². The fourth-order valence-electron chi connectivity index (χ4n) is 2.77. The second kappa shape index (κ2) is 6.32. The zero-order valence-electron chi connectivity index (χ0n) is 12.4. The summed E-state index contributed by atoms with van der Waals surface area (Å²) in [6, 6.07) is 24.4. The molecule has 23 heavy (non-hydrogen) atoms. The minimum Gasteiger partial charge on any atom is -0.398 e. The van der Waals surface area contributed by atoms with E-state index in [1.165, 1.54) is 6.07 Å². The van der Waals surface area contributed by atoms with Gasteiger partial charge < -0.3 is 5.73 Å². The van der Waals surface area contributed by atoms with Crippen molar-refractivity contribution in [2.45, 2.75) is 5.92 Å². The van der Waals surface area contributed by atoms with Crippen LogP contribution in [-0.4, -0.2) is 4.92 Å². The summed E-state index contributed by atoms with van der Waals surface area (Å²) in [5, 5.41) is 11.1. The van der Waals surface area contributed by atoms with E-state index in [4.69, 9.17) is 5.73 Å². The zero-order valence-corrected chi connectivity index (χ0v) is 12.4. The van der Waals surface area contributed by atoms with Crippen LogP contribution in [0.15, 0.2) is 78.9 Å². The van der Waals surface area contributed by atoms with Gasteiger partial charge in [0.2, 0.25) is 0 Å². The summed E-state index contributed by atoms with van der Waals surface area (Å²) < 4.78 is 0. The second-order valence-electron chi connectivity index (χ2n) is 5.32. The Labute approximate surface area is 134 Å². The molecule has 0 aliphatic carbocycles. The van der Waals surface area contributed by atoms with Gasteiger partial charge in [-0.25, -0.2) is 0 Å². The lowest BCUT2D eigenvalue weighted by molar-refractivity contribution is -0.384. The van der Waals surface area contributed by atoms with Crippen molar-refractivity contribution in [2.75, 3.05) is 5.73 Å². The number of rotatable bonds is 4. The molecule has 0 saturated carbocycles. The summed E-state index contributed by atoms with van der Waals surface area (Å²) in [5.41, 5.74) is 9.58. The van der Waals surface area contributed by atoms with Gasteiger partial charge in [0.25, 0.3) is 5.69 Å². The van der Waals surface area contributed by atoms with Gasteiger partial charge in [-0.3, -0.25) is 10.1 Å². The minimum atomic E-state index is -0.393. The lowest BCUT2D eigenvalue weighted by Crippen LogP contribution is -2.07. The second-order valence-corrected chi connectivity index (χ2v) is 5.32. The Morgan fingerprint density at radius 2 is 1.35 bits per heavy atom. The number of hydrogen-bond acceptors (Lipinski definition) is 3. The van der Waals surface area contributed by atoms with Gasteiger partial charge in [0.15, 0.2) is 0 Å². The van der Waals surface area contributed by atoms with E-state index in [0.717, 1.165) is 16.7 Å². The molecule has 0 amide bonds. The first-order valence-corrected chi connectivity index (χ1v) is 7.30. The van der Waals surface area contributed by atoms with Gasteiger partial charge in [-0.05, 0) is 22.8 Å². The third-order valence-electron chi connectivity index (χ3n) is 3.86. The van der Waals surface area contributed by atoms with Crippen LogP contribution in [-0.2, 0) is 0 Å². The van der Waals surface area contributed by atoms with E-state index < -0.39 is 4.92 Å². The molecule has 0 spiro atoms. The predicted molar refractivity (Wildman–Crippen MR) is 91.3 cm³/mol. The van der Waals surface area contributed by atoms with Gasteiger partial charge >= 0.3 is 0 Å². The molecule has 0 aliphatic heterocycles. The molecule has 3 rings (SSSR count). The van der Waals surface area contributed by atoms with Crippen LogP contribution in [0.5, 0.6) is 0 Å². The minimum absolute atomic E-state index is 0.0473. The Balaban J connectivity index is 2.21. The maximum absolute atomic E-state index is 11.1. The Morgan fingerprint density at radius 1 is 0.826 bits per heavy atom. The van der Waals surface area contributed by atoms with Crippen LogP contribution >= 0.6 is 0 Å². The van der Waals surface area contributed by atoms with Crippen molar-refractivity contribution in [3.8, 4) is 0 Å². The maximum atomic E-state index is 11.1. The summed E-state index contributed by atoms with van der Waals surface area (Å²) >= 11 is 0. The molecule has 0 fully saturated rings. The third kappa shape index (κ3) is 3.06. The highest BCUT2D eigenvalue weighted by Gasteiger charge is 2.21. The van der Waals surface area contributed by atoms with Crippen LogP contribution in [0.1, 0.15) is 22.6 Å². The normalized spacial score (nSPS) is 10.7. The summed E-state index contributed by atoms with van der Waals surface area (Å²) in [6.07, 6.45) is 0. The molecular formula is C19H16N2O2. The average molecular weight is 304 g/mol.